The summed E-state index contributed by atoms with van der Waals surface area (Å²) in [4.78, 5) is 31.6. The van der Waals surface area contributed by atoms with Crippen molar-refractivity contribution in [3.8, 4) is 11.5 Å². The Labute approximate surface area is 177 Å². The number of hydrogen-bond donors (Lipinski definition) is 1. The number of nitrogens with one attached hydrogen (secondary N) is 1. The molecule has 0 radical (unpaired) electrons. The summed E-state index contributed by atoms with van der Waals surface area (Å²) in [6.45, 7) is 4.84. The van der Waals surface area contributed by atoms with E-state index >= 15 is 0 Å². The van der Waals surface area contributed by atoms with Gasteiger partial charge in [0.25, 0.3) is 11.6 Å². The number of likely N-dealkylation sites (N-methyl/N-ethyl adjacent to an activating group) is 1. The third kappa shape index (κ3) is 4.32. The lowest BCUT2D eigenvalue weighted by Crippen LogP contribution is -2.29. The van der Waals surface area contributed by atoms with E-state index in [4.69, 9.17) is 4.74 Å². The van der Waals surface area contributed by atoms with Gasteiger partial charge in [-0.25, -0.2) is 4.98 Å². The monoisotopic (exact) mass is 424 g/mol. The Kier molecular flexibility index (Phi) is 5.73. The number of ether oxygens (including phenoxy) is 1. The third-order valence-electron chi connectivity index (χ3n) is 4.87. The van der Waals surface area contributed by atoms with Crippen LogP contribution in [0.25, 0.3) is 0 Å². The maximum atomic E-state index is 13.0. The average Bonchev–Trinajstić information content (AvgIpc) is 3.15. The highest BCUT2D eigenvalue weighted by molar-refractivity contribution is 7.15. The standard InChI is InChI=1S/C21H20N4O4S/c1-2-24-11-10-17-19(13-24)30-21(22-17)23-20(26)16-12-14(25(27)28)8-9-18(16)29-15-6-4-3-5-7-15/h3-9,12H,2,10-11,13H2,1H3,(H,22,23,26). The highest BCUT2D eigenvalue weighted by Crippen LogP contribution is 2.32. The van der Waals surface area contributed by atoms with Crippen molar-refractivity contribution >= 4 is 28.1 Å². The molecule has 1 N–H and O–H groups in total. The normalized spacial score (nSPS) is 13.5. The lowest BCUT2D eigenvalue weighted by Gasteiger charge is -2.23. The fourth-order valence-corrected chi connectivity index (χ4v) is 4.30. The van der Waals surface area contributed by atoms with Crippen molar-refractivity contribution in [3.05, 3.63) is 74.8 Å². The topological polar surface area (TPSA) is 97.6 Å². The quantitative estimate of drug-likeness (QED) is 0.463. The van der Waals surface area contributed by atoms with Crippen LogP contribution in [0.5, 0.6) is 11.5 Å². The molecule has 1 aromatic heterocycles. The highest BCUT2D eigenvalue weighted by atomic mass is 32.1. The number of nitro groups is 1. The number of amides is 1. The van der Waals surface area contributed by atoms with Gasteiger partial charge >= 0.3 is 0 Å². The van der Waals surface area contributed by atoms with Crippen LogP contribution in [0.1, 0.15) is 27.9 Å². The molecular weight excluding hydrogens is 404 g/mol. The Morgan fingerprint density at radius 1 is 1.30 bits per heavy atom. The molecule has 4 rings (SSSR count). The molecule has 1 aliphatic rings. The van der Waals surface area contributed by atoms with Crippen molar-refractivity contribution in [3.63, 3.8) is 0 Å². The highest BCUT2D eigenvalue weighted by Gasteiger charge is 2.23. The number of anilines is 1. The lowest BCUT2D eigenvalue weighted by molar-refractivity contribution is -0.384. The van der Waals surface area contributed by atoms with Crippen molar-refractivity contribution < 1.29 is 14.5 Å². The molecule has 0 atom stereocenters. The predicted molar refractivity (Wildman–Crippen MR) is 114 cm³/mol. The van der Waals surface area contributed by atoms with Crippen molar-refractivity contribution in [1.29, 1.82) is 0 Å². The molecule has 9 heteroatoms. The minimum Gasteiger partial charge on any atom is -0.457 e. The zero-order valence-electron chi connectivity index (χ0n) is 16.3. The number of rotatable bonds is 6. The maximum absolute atomic E-state index is 13.0. The molecule has 0 saturated carbocycles. The number of thiazole rings is 1. The second-order valence-corrected chi connectivity index (χ2v) is 7.90. The molecule has 0 saturated heterocycles. The van der Waals surface area contributed by atoms with Gasteiger partial charge in [0.15, 0.2) is 5.13 Å². The zero-order chi connectivity index (χ0) is 21.1. The first kappa shape index (κ1) is 20.0. The summed E-state index contributed by atoms with van der Waals surface area (Å²) in [5, 5.41) is 14.5. The van der Waals surface area contributed by atoms with Crippen LogP contribution in [0.3, 0.4) is 0 Å². The summed E-state index contributed by atoms with van der Waals surface area (Å²) >= 11 is 1.44. The molecule has 1 amide bonds. The first-order valence-electron chi connectivity index (χ1n) is 9.57. The number of benzene rings is 2. The molecule has 0 spiro atoms. The molecule has 154 valence electrons. The molecule has 0 fully saturated rings. The molecule has 8 nitrogen and oxygen atoms in total. The molecule has 2 aromatic carbocycles. The van der Waals surface area contributed by atoms with Gasteiger partial charge in [-0.1, -0.05) is 25.1 Å². The number of carbonyl (C=O) groups excluding carboxylic acids is 1. The SMILES string of the molecule is CCN1CCc2nc(NC(=O)c3cc([N+](=O)[O-])ccc3Oc3ccccc3)sc2C1. The van der Waals surface area contributed by atoms with Gasteiger partial charge in [0, 0.05) is 36.5 Å². The Hall–Kier alpha value is -3.30. The van der Waals surface area contributed by atoms with Crippen molar-refractivity contribution in [1.82, 2.24) is 9.88 Å². The van der Waals surface area contributed by atoms with Gasteiger partial charge < -0.3 is 4.74 Å². The van der Waals surface area contributed by atoms with E-state index in [0.29, 0.717) is 10.9 Å². The number of nitro benzene ring substituents is 1. The van der Waals surface area contributed by atoms with Gasteiger partial charge in [-0.15, -0.1) is 11.3 Å². The summed E-state index contributed by atoms with van der Waals surface area (Å²) in [6, 6.07) is 12.9. The summed E-state index contributed by atoms with van der Waals surface area (Å²) in [5.74, 6) is 0.274. The smallest absolute Gasteiger partial charge is 0.270 e. The van der Waals surface area contributed by atoms with Crippen LogP contribution < -0.4 is 10.1 Å². The summed E-state index contributed by atoms with van der Waals surface area (Å²) in [7, 11) is 0. The van der Waals surface area contributed by atoms with Gasteiger partial charge in [0.2, 0.25) is 0 Å². The summed E-state index contributed by atoms with van der Waals surface area (Å²) < 4.78 is 5.81. The largest absolute Gasteiger partial charge is 0.457 e. The number of aromatic nitrogens is 1. The van der Waals surface area contributed by atoms with Gasteiger partial charge in [0.1, 0.15) is 11.5 Å². The molecular formula is C21H20N4O4S. The number of nitrogens with zero attached hydrogens (tertiary/aromatic N) is 3. The Morgan fingerprint density at radius 3 is 2.83 bits per heavy atom. The van der Waals surface area contributed by atoms with E-state index in [2.05, 4.69) is 22.1 Å². The van der Waals surface area contributed by atoms with Crippen LogP contribution >= 0.6 is 11.3 Å². The van der Waals surface area contributed by atoms with Crippen molar-refractivity contribution in [2.45, 2.75) is 19.9 Å². The molecule has 0 bridgehead atoms. The molecule has 1 aliphatic heterocycles. The van der Waals surface area contributed by atoms with E-state index in [1.54, 1.807) is 24.3 Å². The number of hydrogen-bond acceptors (Lipinski definition) is 7. The molecule has 2 heterocycles. The van der Waals surface area contributed by atoms with Crippen molar-refractivity contribution in [2.75, 3.05) is 18.4 Å². The van der Waals surface area contributed by atoms with E-state index in [1.807, 2.05) is 6.07 Å². The second kappa shape index (κ2) is 8.60. The molecule has 3 aromatic rings. The van der Waals surface area contributed by atoms with Crippen LogP contribution in [0.15, 0.2) is 48.5 Å². The van der Waals surface area contributed by atoms with E-state index in [0.717, 1.165) is 36.6 Å². The Morgan fingerprint density at radius 2 is 2.10 bits per heavy atom. The predicted octanol–water partition coefficient (Wildman–Crippen LogP) is 4.47. The number of fused-ring (bicyclic) bond motifs is 1. The Bertz CT molecular complexity index is 1080. The van der Waals surface area contributed by atoms with Crippen molar-refractivity contribution in [2.24, 2.45) is 0 Å². The zero-order valence-corrected chi connectivity index (χ0v) is 17.1. The first-order chi connectivity index (χ1) is 14.5. The molecule has 30 heavy (non-hydrogen) atoms. The van der Waals surface area contributed by atoms with Crippen LogP contribution in [0.2, 0.25) is 0 Å². The van der Waals surface area contributed by atoms with E-state index in [-0.39, 0.29) is 17.0 Å². The maximum Gasteiger partial charge on any atom is 0.270 e. The number of para-hydroxylation sites is 1. The number of non-ortho nitro benzene ring substituents is 1. The lowest BCUT2D eigenvalue weighted by atomic mass is 10.1. The van der Waals surface area contributed by atoms with Crippen LogP contribution in [0, 0.1) is 10.1 Å². The van der Waals surface area contributed by atoms with Crippen LogP contribution in [-0.4, -0.2) is 33.8 Å². The van der Waals surface area contributed by atoms with Gasteiger partial charge in [-0.3, -0.25) is 25.1 Å². The molecule has 0 aliphatic carbocycles. The summed E-state index contributed by atoms with van der Waals surface area (Å²) in [5.41, 5.74) is 0.897. The fraction of sp³-hybridized carbons (Fsp3) is 0.238. The van der Waals surface area contributed by atoms with E-state index in [1.165, 1.54) is 29.5 Å². The average molecular weight is 424 g/mol. The number of carbonyl (C=O) groups is 1. The first-order valence-corrected chi connectivity index (χ1v) is 10.4. The van der Waals surface area contributed by atoms with Crippen LogP contribution in [-0.2, 0) is 13.0 Å². The van der Waals surface area contributed by atoms with Crippen LogP contribution in [0.4, 0.5) is 10.8 Å². The molecule has 0 unspecified atom stereocenters. The van der Waals surface area contributed by atoms with Gasteiger partial charge in [0.05, 0.1) is 16.2 Å². The summed E-state index contributed by atoms with van der Waals surface area (Å²) in [6.07, 6.45) is 0.842. The van der Waals surface area contributed by atoms with E-state index < -0.39 is 10.8 Å². The van der Waals surface area contributed by atoms with E-state index in [9.17, 15) is 14.9 Å². The minimum atomic E-state index is -0.537. The third-order valence-corrected chi connectivity index (χ3v) is 5.87. The second-order valence-electron chi connectivity index (χ2n) is 6.81. The Balaban J connectivity index is 1.60. The fourth-order valence-electron chi connectivity index (χ4n) is 3.25. The van der Waals surface area contributed by atoms with Gasteiger partial charge in [-0.05, 0) is 24.7 Å². The van der Waals surface area contributed by atoms with Gasteiger partial charge in [-0.2, -0.15) is 0 Å². The minimum absolute atomic E-state index is 0.0800.